The number of Topliss-reactive ketones (excluding diaryl/α,β-unsaturated/α-hetero) is 1. The standard InChI is InChI=1S/C30H29N5O4/c1-2-39-29(38)23-19-33-35-26(31-17-20-8-4-3-5-9-20)22(18-32-27(23)35)28(37)34-14-12-30(13-15-34)16-25(36)21-10-6-7-11-24(21)30/h3-11,18-19,31H,2,12-17H2,1H3. The summed E-state index contributed by atoms with van der Waals surface area (Å²) in [6, 6.07) is 17.7. The van der Waals surface area contributed by atoms with Crippen LogP contribution in [0.4, 0.5) is 5.82 Å². The number of carbonyl (C=O) groups is 3. The molecule has 9 heteroatoms. The number of anilines is 1. The van der Waals surface area contributed by atoms with Crippen molar-refractivity contribution in [2.24, 2.45) is 0 Å². The minimum absolute atomic E-state index is 0.166. The van der Waals surface area contributed by atoms with E-state index < -0.39 is 5.97 Å². The molecule has 4 aromatic rings. The molecule has 1 amide bonds. The van der Waals surface area contributed by atoms with Gasteiger partial charge in [0.1, 0.15) is 16.9 Å². The van der Waals surface area contributed by atoms with Crippen molar-refractivity contribution in [3.8, 4) is 0 Å². The van der Waals surface area contributed by atoms with Gasteiger partial charge in [-0.1, -0.05) is 54.6 Å². The maximum absolute atomic E-state index is 13.9. The summed E-state index contributed by atoms with van der Waals surface area (Å²) in [7, 11) is 0. The average molecular weight is 524 g/mol. The second-order valence-corrected chi connectivity index (χ2v) is 10.1. The first-order valence-corrected chi connectivity index (χ1v) is 13.2. The van der Waals surface area contributed by atoms with Gasteiger partial charge >= 0.3 is 5.97 Å². The van der Waals surface area contributed by atoms with Gasteiger partial charge in [0.2, 0.25) is 0 Å². The molecule has 0 bridgehead atoms. The fourth-order valence-electron chi connectivity index (χ4n) is 5.83. The zero-order valence-electron chi connectivity index (χ0n) is 21.7. The van der Waals surface area contributed by atoms with E-state index in [4.69, 9.17) is 4.74 Å². The number of likely N-dealkylation sites (tertiary alicyclic amines) is 1. The lowest BCUT2D eigenvalue weighted by Crippen LogP contribution is -2.44. The molecule has 2 aliphatic rings. The number of nitrogens with zero attached hydrogens (tertiary/aromatic N) is 4. The zero-order valence-corrected chi connectivity index (χ0v) is 21.7. The highest BCUT2D eigenvalue weighted by molar-refractivity contribution is 6.03. The fourth-order valence-corrected chi connectivity index (χ4v) is 5.83. The Hall–Kier alpha value is -4.53. The first-order chi connectivity index (χ1) is 19.0. The summed E-state index contributed by atoms with van der Waals surface area (Å²) in [6.07, 6.45) is 4.86. The average Bonchev–Trinajstić information content (AvgIpc) is 3.52. The summed E-state index contributed by atoms with van der Waals surface area (Å²) in [5, 5.41) is 7.76. The van der Waals surface area contributed by atoms with Gasteiger partial charge in [0.25, 0.3) is 5.91 Å². The number of rotatable bonds is 6. The molecule has 6 rings (SSSR count). The third-order valence-electron chi connectivity index (χ3n) is 7.86. The minimum atomic E-state index is -0.513. The van der Waals surface area contributed by atoms with Crippen molar-refractivity contribution in [2.45, 2.75) is 38.1 Å². The Morgan fingerprint density at radius 2 is 1.74 bits per heavy atom. The number of hydrogen-bond acceptors (Lipinski definition) is 7. The summed E-state index contributed by atoms with van der Waals surface area (Å²) < 4.78 is 6.66. The van der Waals surface area contributed by atoms with E-state index in [1.165, 1.54) is 16.9 Å². The molecular weight excluding hydrogens is 494 g/mol. The lowest BCUT2D eigenvalue weighted by molar-refractivity contribution is 0.0527. The van der Waals surface area contributed by atoms with Crippen LogP contribution in [0, 0.1) is 0 Å². The second-order valence-electron chi connectivity index (χ2n) is 10.1. The highest BCUT2D eigenvalue weighted by atomic mass is 16.5. The van der Waals surface area contributed by atoms with Gasteiger partial charge in [-0.25, -0.2) is 9.78 Å². The van der Waals surface area contributed by atoms with Crippen molar-refractivity contribution in [1.82, 2.24) is 19.5 Å². The third kappa shape index (κ3) is 4.33. The van der Waals surface area contributed by atoms with Crippen molar-refractivity contribution in [3.63, 3.8) is 0 Å². The Kier molecular flexibility index (Phi) is 6.34. The van der Waals surface area contributed by atoms with E-state index in [-0.39, 0.29) is 29.3 Å². The maximum atomic E-state index is 13.9. The quantitative estimate of drug-likeness (QED) is 0.376. The SMILES string of the molecule is CCOC(=O)c1cnn2c(NCc3ccccc3)c(C(=O)N3CCC4(CC3)CC(=O)c3ccccc34)cnc12. The van der Waals surface area contributed by atoms with E-state index >= 15 is 0 Å². The van der Waals surface area contributed by atoms with E-state index in [1.807, 2.05) is 53.4 Å². The molecule has 2 aromatic carbocycles. The van der Waals surface area contributed by atoms with Crippen LogP contribution in [0.2, 0.25) is 0 Å². The number of amides is 1. The monoisotopic (exact) mass is 523 g/mol. The van der Waals surface area contributed by atoms with Crippen LogP contribution in [0.3, 0.4) is 0 Å². The van der Waals surface area contributed by atoms with Gasteiger partial charge in [-0.05, 0) is 30.9 Å². The molecule has 39 heavy (non-hydrogen) atoms. The van der Waals surface area contributed by atoms with Crippen molar-refractivity contribution < 1.29 is 19.1 Å². The van der Waals surface area contributed by atoms with Crippen LogP contribution in [0.25, 0.3) is 5.65 Å². The minimum Gasteiger partial charge on any atom is -0.462 e. The highest BCUT2D eigenvalue weighted by Crippen LogP contribution is 2.46. The molecule has 198 valence electrons. The van der Waals surface area contributed by atoms with Crippen molar-refractivity contribution in [1.29, 1.82) is 0 Å². The normalized spacial score (nSPS) is 15.9. The zero-order chi connectivity index (χ0) is 27.0. The van der Waals surface area contributed by atoms with Gasteiger partial charge in [-0.2, -0.15) is 9.61 Å². The number of piperidine rings is 1. The Morgan fingerprint density at radius 1 is 1.00 bits per heavy atom. The number of nitrogens with one attached hydrogen (secondary N) is 1. The molecule has 1 fully saturated rings. The topological polar surface area (TPSA) is 106 Å². The lowest BCUT2D eigenvalue weighted by Gasteiger charge is -2.39. The first-order valence-electron chi connectivity index (χ1n) is 13.2. The van der Waals surface area contributed by atoms with Gasteiger partial charge in [-0.3, -0.25) is 9.59 Å². The number of fused-ring (bicyclic) bond motifs is 3. The molecule has 1 aliphatic carbocycles. The Bertz CT molecular complexity index is 1570. The van der Waals surface area contributed by atoms with Gasteiger partial charge in [0, 0.05) is 43.2 Å². The number of esters is 1. The number of hydrogen-bond donors (Lipinski definition) is 1. The second kappa shape index (κ2) is 9.98. The van der Waals surface area contributed by atoms with Gasteiger partial charge in [0.05, 0.1) is 12.8 Å². The number of benzene rings is 2. The largest absolute Gasteiger partial charge is 0.462 e. The van der Waals surface area contributed by atoms with E-state index in [9.17, 15) is 14.4 Å². The van der Waals surface area contributed by atoms with Crippen LogP contribution in [-0.4, -0.2) is 56.9 Å². The van der Waals surface area contributed by atoms with Crippen molar-refractivity contribution >= 4 is 29.1 Å². The first kappa shape index (κ1) is 24.8. The lowest BCUT2D eigenvalue weighted by atomic mass is 9.73. The van der Waals surface area contributed by atoms with E-state index in [1.54, 1.807) is 6.92 Å². The van der Waals surface area contributed by atoms with Gasteiger partial charge in [0.15, 0.2) is 11.4 Å². The molecule has 1 saturated heterocycles. The Labute approximate surface area is 225 Å². The van der Waals surface area contributed by atoms with E-state index in [0.717, 1.165) is 29.5 Å². The molecule has 0 radical (unpaired) electrons. The molecule has 1 aliphatic heterocycles. The molecule has 2 aromatic heterocycles. The fraction of sp³-hybridized carbons (Fsp3) is 0.300. The predicted octanol–water partition coefficient (Wildman–Crippen LogP) is 4.28. The van der Waals surface area contributed by atoms with Gasteiger partial charge < -0.3 is 15.0 Å². The Morgan fingerprint density at radius 3 is 2.51 bits per heavy atom. The summed E-state index contributed by atoms with van der Waals surface area (Å²) in [5.41, 5.74) is 3.67. The van der Waals surface area contributed by atoms with Crippen LogP contribution in [0.15, 0.2) is 67.0 Å². The van der Waals surface area contributed by atoms with Crippen molar-refractivity contribution in [3.05, 3.63) is 94.8 Å². The van der Waals surface area contributed by atoms with Crippen LogP contribution in [-0.2, 0) is 16.7 Å². The smallest absolute Gasteiger partial charge is 0.343 e. The molecule has 0 saturated carbocycles. The highest BCUT2D eigenvalue weighted by Gasteiger charge is 2.45. The number of ketones is 1. The molecule has 0 unspecified atom stereocenters. The van der Waals surface area contributed by atoms with Crippen molar-refractivity contribution in [2.75, 3.05) is 25.0 Å². The maximum Gasteiger partial charge on any atom is 0.343 e. The molecular formula is C30H29N5O4. The summed E-state index contributed by atoms with van der Waals surface area (Å²) in [6.45, 7) is 3.49. The van der Waals surface area contributed by atoms with Gasteiger partial charge in [-0.15, -0.1) is 0 Å². The Balaban J connectivity index is 1.30. The summed E-state index contributed by atoms with van der Waals surface area (Å²) in [5.74, 6) is -0.0315. The molecule has 1 spiro atoms. The van der Waals surface area contributed by atoms with E-state index in [0.29, 0.717) is 43.1 Å². The molecule has 0 atom stereocenters. The summed E-state index contributed by atoms with van der Waals surface area (Å²) >= 11 is 0. The molecule has 9 nitrogen and oxygen atoms in total. The third-order valence-corrected chi connectivity index (χ3v) is 7.86. The van der Waals surface area contributed by atoms with Crippen LogP contribution < -0.4 is 5.32 Å². The molecule has 1 N–H and O–H groups in total. The summed E-state index contributed by atoms with van der Waals surface area (Å²) in [4.78, 5) is 45.3. The van der Waals surface area contributed by atoms with Crippen LogP contribution in [0.1, 0.15) is 68.4 Å². The predicted molar refractivity (Wildman–Crippen MR) is 145 cm³/mol. The number of aromatic nitrogens is 3. The van der Waals surface area contributed by atoms with E-state index in [2.05, 4.69) is 21.5 Å². The number of carbonyl (C=O) groups excluding carboxylic acids is 3. The molecule has 3 heterocycles. The van der Waals surface area contributed by atoms with Crippen LogP contribution in [0.5, 0.6) is 0 Å². The van der Waals surface area contributed by atoms with Crippen LogP contribution >= 0.6 is 0 Å². The number of ether oxygens (including phenoxy) is 1.